The molecule has 0 aromatic carbocycles. The average Bonchev–Trinajstić information content (AvgIpc) is 2.60. The fourth-order valence-electron chi connectivity index (χ4n) is 1.89. The van der Waals surface area contributed by atoms with Crippen LogP contribution in [-0.2, 0) is 12.8 Å². The Labute approximate surface area is 77.1 Å². The molecule has 4 nitrogen and oxygen atoms in total. The summed E-state index contributed by atoms with van der Waals surface area (Å²) in [7, 11) is 0. The number of H-pyrrole nitrogens is 1. The van der Waals surface area contributed by atoms with Crippen molar-refractivity contribution in [2.45, 2.75) is 31.8 Å². The number of nitrogens with two attached hydrogens (primary N) is 1. The van der Waals surface area contributed by atoms with E-state index in [9.17, 15) is 5.11 Å². The van der Waals surface area contributed by atoms with Crippen LogP contribution in [0.3, 0.4) is 0 Å². The van der Waals surface area contributed by atoms with Crippen LogP contribution in [0.1, 0.15) is 35.9 Å². The molecule has 4 N–H and O–H groups in total. The van der Waals surface area contributed by atoms with Gasteiger partial charge >= 0.3 is 0 Å². The van der Waals surface area contributed by atoms with Crippen LogP contribution in [0, 0.1) is 0 Å². The fraction of sp³-hybridized carbons (Fsp3) is 0.667. The van der Waals surface area contributed by atoms with Crippen LogP contribution < -0.4 is 5.73 Å². The molecule has 72 valence electrons. The van der Waals surface area contributed by atoms with E-state index in [2.05, 4.69) is 10.2 Å². The van der Waals surface area contributed by atoms with Gasteiger partial charge in [0, 0.05) is 12.2 Å². The summed E-state index contributed by atoms with van der Waals surface area (Å²) in [6.07, 6.45) is 3.89. The van der Waals surface area contributed by atoms with Gasteiger partial charge in [0.1, 0.15) is 6.10 Å². The summed E-state index contributed by atoms with van der Waals surface area (Å²) < 4.78 is 0. The van der Waals surface area contributed by atoms with E-state index in [4.69, 9.17) is 5.73 Å². The van der Waals surface area contributed by atoms with Crippen LogP contribution in [0.5, 0.6) is 0 Å². The first kappa shape index (κ1) is 8.72. The molecule has 0 spiro atoms. The summed E-state index contributed by atoms with van der Waals surface area (Å²) in [5.41, 5.74) is 8.54. The van der Waals surface area contributed by atoms with Gasteiger partial charge < -0.3 is 10.8 Å². The number of aliphatic hydroxyl groups is 1. The van der Waals surface area contributed by atoms with Crippen molar-refractivity contribution in [3.63, 3.8) is 0 Å². The normalized spacial score (nSPS) is 18.3. The van der Waals surface area contributed by atoms with Gasteiger partial charge in [-0.3, -0.25) is 5.10 Å². The molecular weight excluding hydrogens is 166 g/mol. The molecule has 0 unspecified atom stereocenters. The highest BCUT2D eigenvalue weighted by molar-refractivity contribution is 5.29. The smallest absolute Gasteiger partial charge is 0.110 e. The second kappa shape index (κ2) is 3.47. The van der Waals surface area contributed by atoms with Crippen LogP contribution in [0.15, 0.2) is 0 Å². The lowest BCUT2D eigenvalue weighted by Crippen LogP contribution is -2.14. The molecule has 1 aliphatic carbocycles. The molecule has 2 rings (SSSR count). The SMILES string of the molecule is NC[C@H](O)c1n[nH]c2c1CCCC2. The quantitative estimate of drug-likeness (QED) is 0.613. The predicted octanol–water partition coefficient (Wildman–Crippen LogP) is 0.281. The highest BCUT2D eigenvalue weighted by Gasteiger charge is 2.20. The van der Waals surface area contributed by atoms with Gasteiger partial charge in [0.05, 0.1) is 5.69 Å². The van der Waals surface area contributed by atoms with Gasteiger partial charge in [0.15, 0.2) is 0 Å². The van der Waals surface area contributed by atoms with Crippen molar-refractivity contribution in [3.8, 4) is 0 Å². The largest absolute Gasteiger partial charge is 0.385 e. The molecule has 4 heteroatoms. The van der Waals surface area contributed by atoms with E-state index in [-0.39, 0.29) is 6.54 Å². The topological polar surface area (TPSA) is 74.9 Å². The molecule has 0 saturated heterocycles. The van der Waals surface area contributed by atoms with E-state index in [0.29, 0.717) is 0 Å². The molecule has 0 aliphatic heterocycles. The third-order valence-corrected chi connectivity index (χ3v) is 2.63. The Kier molecular flexibility index (Phi) is 2.33. The van der Waals surface area contributed by atoms with E-state index in [1.807, 2.05) is 0 Å². The maximum Gasteiger partial charge on any atom is 0.110 e. The number of nitrogens with zero attached hydrogens (tertiary/aromatic N) is 1. The number of fused-ring (bicyclic) bond motifs is 1. The van der Waals surface area contributed by atoms with Crippen molar-refractivity contribution in [1.29, 1.82) is 0 Å². The van der Waals surface area contributed by atoms with Crippen LogP contribution in [0.25, 0.3) is 0 Å². The standard InChI is InChI=1S/C9H15N3O/c10-5-8(13)9-6-3-1-2-4-7(6)11-12-9/h8,13H,1-5,10H2,(H,11,12)/t8-/m0/s1. The Morgan fingerprint density at radius 3 is 3.00 bits per heavy atom. The van der Waals surface area contributed by atoms with Crippen molar-refractivity contribution in [2.75, 3.05) is 6.54 Å². The van der Waals surface area contributed by atoms with Gasteiger partial charge in [-0.05, 0) is 31.2 Å². The Hall–Kier alpha value is -0.870. The number of aromatic amines is 1. The zero-order chi connectivity index (χ0) is 9.26. The molecular formula is C9H15N3O. The van der Waals surface area contributed by atoms with Gasteiger partial charge in [-0.1, -0.05) is 0 Å². The Morgan fingerprint density at radius 1 is 1.46 bits per heavy atom. The van der Waals surface area contributed by atoms with Crippen LogP contribution in [0.4, 0.5) is 0 Å². The number of nitrogens with one attached hydrogen (secondary N) is 1. The minimum absolute atomic E-state index is 0.247. The first-order valence-corrected chi connectivity index (χ1v) is 4.77. The molecule has 1 aliphatic rings. The number of hydrogen-bond donors (Lipinski definition) is 3. The molecule has 0 bridgehead atoms. The van der Waals surface area contributed by atoms with Gasteiger partial charge in [0.2, 0.25) is 0 Å². The lowest BCUT2D eigenvalue weighted by atomic mass is 9.94. The van der Waals surface area contributed by atoms with E-state index < -0.39 is 6.10 Å². The van der Waals surface area contributed by atoms with Gasteiger partial charge in [-0.15, -0.1) is 0 Å². The maximum absolute atomic E-state index is 9.57. The lowest BCUT2D eigenvalue weighted by Gasteiger charge is -2.12. The monoisotopic (exact) mass is 181 g/mol. The van der Waals surface area contributed by atoms with Gasteiger partial charge in [-0.25, -0.2) is 0 Å². The van der Waals surface area contributed by atoms with E-state index in [0.717, 1.165) is 18.5 Å². The van der Waals surface area contributed by atoms with E-state index in [1.165, 1.54) is 24.1 Å². The highest BCUT2D eigenvalue weighted by Crippen LogP contribution is 2.25. The zero-order valence-electron chi connectivity index (χ0n) is 7.58. The van der Waals surface area contributed by atoms with Crippen molar-refractivity contribution >= 4 is 0 Å². The second-order valence-electron chi connectivity index (χ2n) is 3.52. The first-order valence-electron chi connectivity index (χ1n) is 4.77. The second-order valence-corrected chi connectivity index (χ2v) is 3.52. The number of aliphatic hydroxyl groups excluding tert-OH is 1. The van der Waals surface area contributed by atoms with E-state index in [1.54, 1.807) is 0 Å². The molecule has 1 heterocycles. The number of aromatic nitrogens is 2. The molecule has 0 fully saturated rings. The third-order valence-electron chi connectivity index (χ3n) is 2.63. The summed E-state index contributed by atoms with van der Waals surface area (Å²) in [4.78, 5) is 0. The van der Waals surface area contributed by atoms with Crippen molar-refractivity contribution in [3.05, 3.63) is 17.0 Å². The van der Waals surface area contributed by atoms with Crippen LogP contribution in [0.2, 0.25) is 0 Å². The summed E-state index contributed by atoms with van der Waals surface area (Å²) >= 11 is 0. The molecule has 0 radical (unpaired) electrons. The minimum Gasteiger partial charge on any atom is -0.385 e. The van der Waals surface area contributed by atoms with Crippen molar-refractivity contribution < 1.29 is 5.11 Å². The third kappa shape index (κ3) is 1.47. The summed E-state index contributed by atoms with van der Waals surface area (Å²) in [6, 6.07) is 0. The molecule has 1 atom stereocenters. The number of aryl methyl sites for hydroxylation is 1. The Bertz CT molecular complexity index is 295. The van der Waals surface area contributed by atoms with Gasteiger partial charge in [-0.2, -0.15) is 5.10 Å². The number of hydrogen-bond acceptors (Lipinski definition) is 3. The Balaban J connectivity index is 2.31. The molecule has 1 aromatic rings. The molecule has 1 aromatic heterocycles. The fourth-order valence-corrected chi connectivity index (χ4v) is 1.89. The van der Waals surface area contributed by atoms with Crippen LogP contribution in [-0.4, -0.2) is 21.8 Å². The molecule has 13 heavy (non-hydrogen) atoms. The first-order chi connectivity index (χ1) is 6.33. The summed E-state index contributed by atoms with van der Waals surface area (Å²) in [5.74, 6) is 0. The minimum atomic E-state index is -0.599. The lowest BCUT2D eigenvalue weighted by molar-refractivity contribution is 0.180. The predicted molar refractivity (Wildman–Crippen MR) is 49.2 cm³/mol. The van der Waals surface area contributed by atoms with Crippen LogP contribution >= 0.6 is 0 Å². The highest BCUT2D eigenvalue weighted by atomic mass is 16.3. The maximum atomic E-state index is 9.57. The summed E-state index contributed by atoms with van der Waals surface area (Å²) in [6.45, 7) is 0.247. The summed E-state index contributed by atoms with van der Waals surface area (Å²) in [5, 5.41) is 16.7. The van der Waals surface area contributed by atoms with Crippen molar-refractivity contribution in [1.82, 2.24) is 10.2 Å². The zero-order valence-corrected chi connectivity index (χ0v) is 7.58. The Morgan fingerprint density at radius 2 is 2.23 bits per heavy atom. The van der Waals surface area contributed by atoms with Crippen molar-refractivity contribution in [2.24, 2.45) is 5.73 Å². The van der Waals surface area contributed by atoms with Gasteiger partial charge in [0.25, 0.3) is 0 Å². The molecule has 0 amide bonds. The number of rotatable bonds is 2. The average molecular weight is 181 g/mol. The molecule has 0 saturated carbocycles. The van der Waals surface area contributed by atoms with E-state index >= 15 is 0 Å².